The lowest BCUT2D eigenvalue weighted by Crippen LogP contribution is -2.16. The molecule has 0 saturated heterocycles. The van der Waals surface area contributed by atoms with Crippen LogP contribution in [0.3, 0.4) is 0 Å². The summed E-state index contributed by atoms with van der Waals surface area (Å²) in [4.78, 5) is 8.01. The molecule has 4 nitrogen and oxygen atoms in total. The van der Waals surface area contributed by atoms with E-state index in [1.165, 1.54) is 11.3 Å². The third-order valence-electron chi connectivity index (χ3n) is 3.19. The van der Waals surface area contributed by atoms with Crippen molar-refractivity contribution < 1.29 is 4.74 Å². The molecule has 0 atom stereocenters. The highest BCUT2D eigenvalue weighted by Gasteiger charge is 2.17. The van der Waals surface area contributed by atoms with Gasteiger partial charge in [0.05, 0.1) is 12.3 Å². The van der Waals surface area contributed by atoms with Gasteiger partial charge in [0, 0.05) is 30.8 Å². The maximum absolute atomic E-state index is 5.80. The Kier molecular flexibility index (Phi) is 5.11. The highest BCUT2D eigenvalue weighted by Crippen LogP contribution is 2.33. The van der Waals surface area contributed by atoms with Crippen LogP contribution in [0.15, 0.2) is 24.3 Å². The van der Waals surface area contributed by atoms with E-state index in [1.807, 2.05) is 0 Å². The van der Waals surface area contributed by atoms with E-state index in [0.717, 1.165) is 22.2 Å². The molecule has 0 aliphatic carbocycles. The fraction of sp³-hybridized carbons (Fsp3) is 0.400. The molecule has 0 bridgehead atoms. The first kappa shape index (κ1) is 15.0. The smallest absolute Gasteiger partial charge is 0.190 e. The number of para-hydroxylation sites is 1. The summed E-state index contributed by atoms with van der Waals surface area (Å²) < 4.78 is 5.20. The Balaban J connectivity index is 2.39. The van der Waals surface area contributed by atoms with Crippen LogP contribution in [0.25, 0.3) is 0 Å². The standard InChI is InChI=1S/C15H21N3OS/c1-4-18(13-8-6-5-7-11(13)2)15-17-12(10-19-3)14(9-16)20-15/h5-8H,4,9-10,16H2,1-3H3. The highest BCUT2D eigenvalue weighted by molar-refractivity contribution is 7.15. The molecule has 5 heteroatoms. The fourth-order valence-corrected chi connectivity index (χ4v) is 3.19. The Hall–Kier alpha value is -1.43. The number of aryl methyl sites for hydroxylation is 1. The van der Waals surface area contributed by atoms with Crippen molar-refractivity contribution in [2.24, 2.45) is 5.73 Å². The maximum Gasteiger partial charge on any atom is 0.190 e. The molecular weight excluding hydrogens is 270 g/mol. The Bertz CT molecular complexity index is 568. The molecule has 2 aromatic rings. The van der Waals surface area contributed by atoms with Crippen LogP contribution in [0.1, 0.15) is 23.1 Å². The summed E-state index contributed by atoms with van der Waals surface area (Å²) in [7, 11) is 1.68. The van der Waals surface area contributed by atoms with E-state index >= 15 is 0 Å². The van der Waals surface area contributed by atoms with Gasteiger partial charge in [0.1, 0.15) is 0 Å². The first-order chi connectivity index (χ1) is 9.71. The summed E-state index contributed by atoms with van der Waals surface area (Å²) in [5, 5.41) is 0.981. The minimum atomic E-state index is 0.502. The second-order valence-electron chi connectivity index (χ2n) is 4.53. The summed E-state index contributed by atoms with van der Waals surface area (Å²) >= 11 is 1.65. The topological polar surface area (TPSA) is 51.4 Å². The molecule has 2 N–H and O–H groups in total. The van der Waals surface area contributed by atoms with Gasteiger partial charge in [-0.15, -0.1) is 0 Å². The van der Waals surface area contributed by atoms with E-state index in [-0.39, 0.29) is 0 Å². The van der Waals surface area contributed by atoms with Crippen LogP contribution in [0.2, 0.25) is 0 Å². The first-order valence-corrected chi connectivity index (χ1v) is 7.53. The number of methoxy groups -OCH3 is 1. The number of benzene rings is 1. The van der Waals surface area contributed by atoms with E-state index in [4.69, 9.17) is 15.5 Å². The van der Waals surface area contributed by atoms with Crippen LogP contribution in [0.5, 0.6) is 0 Å². The molecule has 0 amide bonds. The molecule has 0 radical (unpaired) electrons. The molecule has 0 unspecified atom stereocenters. The van der Waals surface area contributed by atoms with Crippen molar-refractivity contribution in [3.05, 3.63) is 40.4 Å². The minimum absolute atomic E-state index is 0.502. The fourth-order valence-electron chi connectivity index (χ4n) is 2.17. The predicted octanol–water partition coefficient (Wildman–Crippen LogP) is 3.21. The molecule has 0 aliphatic rings. The summed E-state index contributed by atoms with van der Waals surface area (Å²) in [6, 6.07) is 8.35. The number of thiazole rings is 1. The molecule has 0 saturated carbocycles. The molecular formula is C15H21N3OS. The van der Waals surface area contributed by atoms with Crippen molar-refractivity contribution in [2.75, 3.05) is 18.6 Å². The van der Waals surface area contributed by atoms with Gasteiger partial charge in [-0.05, 0) is 25.5 Å². The average Bonchev–Trinajstić information content (AvgIpc) is 2.85. The second-order valence-corrected chi connectivity index (χ2v) is 5.60. The quantitative estimate of drug-likeness (QED) is 0.888. The molecule has 1 heterocycles. The monoisotopic (exact) mass is 291 g/mol. The van der Waals surface area contributed by atoms with E-state index in [2.05, 4.69) is 43.0 Å². The zero-order chi connectivity index (χ0) is 14.5. The van der Waals surface area contributed by atoms with Gasteiger partial charge in [0.15, 0.2) is 5.13 Å². The minimum Gasteiger partial charge on any atom is -0.378 e. The van der Waals surface area contributed by atoms with Gasteiger partial charge in [-0.1, -0.05) is 29.5 Å². The highest BCUT2D eigenvalue weighted by atomic mass is 32.1. The van der Waals surface area contributed by atoms with Crippen molar-refractivity contribution in [1.29, 1.82) is 0 Å². The number of nitrogens with zero attached hydrogens (tertiary/aromatic N) is 2. The SMILES string of the molecule is CCN(c1nc(COC)c(CN)s1)c1ccccc1C. The number of anilines is 2. The van der Waals surface area contributed by atoms with E-state index in [9.17, 15) is 0 Å². The van der Waals surface area contributed by atoms with E-state index in [0.29, 0.717) is 13.2 Å². The lowest BCUT2D eigenvalue weighted by Gasteiger charge is -2.21. The van der Waals surface area contributed by atoms with Crippen LogP contribution in [0, 0.1) is 6.92 Å². The Labute approximate surface area is 124 Å². The average molecular weight is 291 g/mol. The van der Waals surface area contributed by atoms with Gasteiger partial charge < -0.3 is 15.4 Å². The van der Waals surface area contributed by atoms with Crippen LogP contribution in [-0.2, 0) is 17.9 Å². The van der Waals surface area contributed by atoms with Crippen molar-refractivity contribution in [3.8, 4) is 0 Å². The van der Waals surface area contributed by atoms with Crippen molar-refractivity contribution in [2.45, 2.75) is 27.0 Å². The first-order valence-electron chi connectivity index (χ1n) is 6.72. The number of rotatable bonds is 6. The van der Waals surface area contributed by atoms with Crippen molar-refractivity contribution in [1.82, 2.24) is 4.98 Å². The maximum atomic E-state index is 5.80. The zero-order valence-corrected chi connectivity index (χ0v) is 13.0. The molecule has 0 aliphatic heterocycles. The van der Waals surface area contributed by atoms with Gasteiger partial charge in [0.2, 0.25) is 0 Å². The lowest BCUT2D eigenvalue weighted by molar-refractivity contribution is 0.181. The predicted molar refractivity (Wildman–Crippen MR) is 84.6 cm³/mol. The summed E-state index contributed by atoms with van der Waals surface area (Å²) in [5.74, 6) is 0. The lowest BCUT2D eigenvalue weighted by atomic mass is 10.2. The Morgan fingerprint density at radius 1 is 1.35 bits per heavy atom. The summed E-state index contributed by atoms with van der Waals surface area (Å²) in [6.45, 7) is 6.13. The van der Waals surface area contributed by atoms with E-state index < -0.39 is 0 Å². The third-order valence-corrected chi connectivity index (χ3v) is 4.33. The Morgan fingerprint density at radius 2 is 2.10 bits per heavy atom. The zero-order valence-electron chi connectivity index (χ0n) is 12.2. The van der Waals surface area contributed by atoms with Gasteiger partial charge in [-0.3, -0.25) is 0 Å². The molecule has 0 fully saturated rings. The van der Waals surface area contributed by atoms with Gasteiger partial charge in [-0.2, -0.15) is 0 Å². The van der Waals surface area contributed by atoms with Crippen molar-refractivity contribution >= 4 is 22.2 Å². The number of ether oxygens (including phenoxy) is 1. The van der Waals surface area contributed by atoms with Crippen molar-refractivity contribution in [3.63, 3.8) is 0 Å². The molecule has 1 aromatic carbocycles. The molecule has 20 heavy (non-hydrogen) atoms. The molecule has 108 valence electrons. The summed E-state index contributed by atoms with van der Waals surface area (Å²) in [6.07, 6.45) is 0. The van der Waals surface area contributed by atoms with Crippen LogP contribution < -0.4 is 10.6 Å². The second kappa shape index (κ2) is 6.83. The molecule has 2 rings (SSSR count). The van der Waals surface area contributed by atoms with E-state index in [1.54, 1.807) is 18.4 Å². The number of aromatic nitrogens is 1. The normalized spacial score (nSPS) is 10.8. The van der Waals surface area contributed by atoms with Crippen LogP contribution in [0.4, 0.5) is 10.8 Å². The van der Waals surface area contributed by atoms with Gasteiger partial charge >= 0.3 is 0 Å². The van der Waals surface area contributed by atoms with Crippen LogP contribution >= 0.6 is 11.3 Å². The Morgan fingerprint density at radius 3 is 2.70 bits per heavy atom. The number of hydrogen-bond donors (Lipinski definition) is 1. The largest absolute Gasteiger partial charge is 0.378 e. The summed E-state index contributed by atoms with van der Waals surface area (Å²) in [5.41, 5.74) is 9.18. The molecule has 0 spiro atoms. The van der Waals surface area contributed by atoms with Crippen LogP contribution in [-0.4, -0.2) is 18.6 Å². The third kappa shape index (κ3) is 3.00. The van der Waals surface area contributed by atoms with Gasteiger partial charge in [0.25, 0.3) is 0 Å². The number of hydrogen-bond acceptors (Lipinski definition) is 5. The molecule has 1 aromatic heterocycles. The van der Waals surface area contributed by atoms with Gasteiger partial charge in [-0.25, -0.2) is 4.98 Å². The number of nitrogens with two attached hydrogens (primary N) is 1.